The highest BCUT2D eigenvalue weighted by Gasteiger charge is 2.09. The second-order valence-electron chi connectivity index (χ2n) is 5.77. The molecule has 0 bridgehead atoms. The van der Waals surface area contributed by atoms with E-state index < -0.39 is 0 Å². The number of halogens is 1. The second kappa shape index (κ2) is 6.44. The second-order valence-corrected chi connectivity index (χ2v) is 6.92. The smallest absolute Gasteiger partial charge is 0.268 e. The van der Waals surface area contributed by atoms with Crippen molar-refractivity contribution in [3.05, 3.63) is 62.2 Å². The van der Waals surface area contributed by atoms with Crippen LogP contribution in [0, 0.1) is 6.92 Å². The van der Waals surface area contributed by atoms with Gasteiger partial charge in [0.05, 0.1) is 0 Å². The number of thiophene rings is 1. The maximum atomic E-state index is 11.6. The number of aromatic nitrogens is 3. The van der Waals surface area contributed by atoms with Crippen molar-refractivity contribution < 1.29 is 5.11 Å². The Morgan fingerprint density at radius 1 is 1.27 bits per heavy atom. The Morgan fingerprint density at radius 2 is 2.12 bits per heavy atom. The fourth-order valence-electron chi connectivity index (χ4n) is 2.62. The van der Waals surface area contributed by atoms with E-state index in [2.05, 4.69) is 20.3 Å². The molecule has 26 heavy (non-hydrogen) atoms. The fraction of sp³-hybridized carbons (Fsp3) is 0.0556. The van der Waals surface area contributed by atoms with Crippen LogP contribution in [0.1, 0.15) is 5.56 Å². The molecule has 4 aromatic rings. The van der Waals surface area contributed by atoms with Gasteiger partial charge in [0.2, 0.25) is 5.95 Å². The molecule has 0 aliphatic carbocycles. The lowest BCUT2D eigenvalue weighted by Crippen LogP contribution is -2.08. The van der Waals surface area contributed by atoms with Crippen molar-refractivity contribution in [2.75, 3.05) is 5.32 Å². The summed E-state index contributed by atoms with van der Waals surface area (Å²) in [6, 6.07) is 7.33. The number of benzene rings is 1. The minimum atomic E-state index is -0.389. The number of aromatic amines is 1. The molecule has 0 fully saturated rings. The highest BCUT2D eigenvalue weighted by Crippen LogP contribution is 2.34. The van der Waals surface area contributed by atoms with Gasteiger partial charge in [0, 0.05) is 33.6 Å². The van der Waals surface area contributed by atoms with Crippen molar-refractivity contribution in [2.45, 2.75) is 6.92 Å². The third-order valence-electron chi connectivity index (χ3n) is 3.97. The van der Waals surface area contributed by atoms with E-state index in [4.69, 9.17) is 11.6 Å². The molecule has 6 nitrogen and oxygen atoms in total. The minimum absolute atomic E-state index is 0.102. The van der Waals surface area contributed by atoms with Crippen molar-refractivity contribution >= 4 is 45.6 Å². The number of fused-ring (bicyclic) bond motifs is 1. The van der Waals surface area contributed by atoms with Gasteiger partial charge in [-0.3, -0.25) is 4.79 Å². The van der Waals surface area contributed by atoms with Crippen LogP contribution in [0.15, 0.2) is 46.0 Å². The number of nitrogens with one attached hydrogen (secondary N) is 2. The molecule has 0 amide bonds. The average molecular weight is 385 g/mol. The standard InChI is InChI=1S/C18H13ClN4O2S/c1-9-4-10(12-7-26-8-15(12)24)2-3-14(9)21-18-20-6-11-5-13(19)17(25)22-16(11)23-18/h2-8,24H,1H3,(H2,20,21,22,23,25). The van der Waals surface area contributed by atoms with Crippen LogP contribution in [0.4, 0.5) is 11.6 Å². The van der Waals surface area contributed by atoms with Crippen LogP contribution in [0.3, 0.4) is 0 Å². The molecule has 0 atom stereocenters. The number of aromatic hydroxyl groups is 1. The molecule has 3 N–H and O–H groups in total. The summed E-state index contributed by atoms with van der Waals surface area (Å²) in [6.45, 7) is 1.96. The summed E-state index contributed by atoms with van der Waals surface area (Å²) in [7, 11) is 0. The zero-order valence-corrected chi connectivity index (χ0v) is 15.1. The molecule has 0 aliphatic heterocycles. The van der Waals surface area contributed by atoms with Crippen LogP contribution in [-0.4, -0.2) is 20.1 Å². The lowest BCUT2D eigenvalue weighted by molar-refractivity contribution is 0.480. The van der Waals surface area contributed by atoms with Crippen LogP contribution >= 0.6 is 22.9 Å². The van der Waals surface area contributed by atoms with Crippen molar-refractivity contribution in [3.8, 4) is 16.9 Å². The molecule has 4 rings (SSSR count). The fourth-order valence-corrected chi connectivity index (χ4v) is 3.51. The largest absolute Gasteiger partial charge is 0.506 e. The summed E-state index contributed by atoms with van der Waals surface area (Å²) in [6.07, 6.45) is 1.60. The van der Waals surface area contributed by atoms with E-state index in [0.29, 0.717) is 17.0 Å². The number of anilines is 2. The predicted molar refractivity (Wildman–Crippen MR) is 105 cm³/mol. The van der Waals surface area contributed by atoms with Crippen molar-refractivity contribution in [1.29, 1.82) is 0 Å². The molecule has 3 aromatic heterocycles. The third-order valence-corrected chi connectivity index (χ3v) is 4.99. The van der Waals surface area contributed by atoms with Crippen LogP contribution < -0.4 is 10.9 Å². The van der Waals surface area contributed by atoms with E-state index in [9.17, 15) is 9.90 Å². The maximum Gasteiger partial charge on any atom is 0.268 e. The van der Waals surface area contributed by atoms with Crippen LogP contribution in [-0.2, 0) is 0 Å². The van der Waals surface area contributed by atoms with Gasteiger partial charge in [-0.15, -0.1) is 11.3 Å². The first-order valence-corrected chi connectivity index (χ1v) is 9.02. The first-order chi connectivity index (χ1) is 12.5. The molecule has 8 heteroatoms. The van der Waals surface area contributed by atoms with Gasteiger partial charge in [0.25, 0.3) is 5.56 Å². The Labute approximate surface area is 157 Å². The number of H-pyrrole nitrogens is 1. The number of hydrogen-bond acceptors (Lipinski definition) is 6. The summed E-state index contributed by atoms with van der Waals surface area (Å²) in [5.41, 5.74) is 3.57. The highest BCUT2D eigenvalue weighted by molar-refractivity contribution is 7.08. The van der Waals surface area contributed by atoms with Gasteiger partial charge in [-0.1, -0.05) is 17.7 Å². The normalized spacial score (nSPS) is 11.0. The number of nitrogens with zero attached hydrogens (tertiary/aromatic N) is 2. The van der Waals surface area contributed by atoms with Gasteiger partial charge in [-0.05, 0) is 36.2 Å². The monoisotopic (exact) mass is 384 g/mol. The lowest BCUT2D eigenvalue weighted by Gasteiger charge is -2.10. The number of pyridine rings is 1. The molecular formula is C18H13ClN4O2S. The minimum Gasteiger partial charge on any atom is -0.506 e. The summed E-state index contributed by atoms with van der Waals surface area (Å²) < 4.78 is 0. The number of hydrogen-bond donors (Lipinski definition) is 3. The first kappa shape index (κ1) is 16.6. The predicted octanol–water partition coefficient (Wildman–Crippen LogP) is 4.46. The van der Waals surface area contributed by atoms with E-state index in [1.807, 2.05) is 30.5 Å². The van der Waals surface area contributed by atoms with E-state index in [1.165, 1.54) is 17.4 Å². The molecule has 0 spiro atoms. The molecule has 3 heterocycles. The summed E-state index contributed by atoms with van der Waals surface area (Å²) in [4.78, 5) is 22.9. The molecule has 0 unspecified atom stereocenters. The molecule has 0 saturated carbocycles. The number of rotatable bonds is 3. The van der Waals surface area contributed by atoms with E-state index in [0.717, 1.165) is 22.4 Å². The third kappa shape index (κ3) is 3.02. The molecule has 0 radical (unpaired) electrons. The van der Waals surface area contributed by atoms with Gasteiger partial charge in [0.15, 0.2) is 0 Å². The van der Waals surface area contributed by atoms with Gasteiger partial charge in [-0.2, -0.15) is 4.98 Å². The number of aryl methyl sites for hydroxylation is 1. The maximum absolute atomic E-state index is 11.6. The van der Waals surface area contributed by atoms with Crippen molar-refractivity contribution in [3.63, 3.8) is 0 Å². The van der Waals surface area contributed by atoms with Crippen LogP contribution in [0.5, 0.6) is 5.75 Å². The topological polar surface area (TPSA) is 90.9 Å². The molecular weight excluding hydrogens is 372 g/mol. The lowest BCUT2D eigenvalue weighted by atomic mass is 10.0. The molecule has 130 valence electrons. The van der Waals surface area contributed by atoms with E-state index in [1.54, 1.807) is 11.6 Å². The molecule has 0 saturated heterocycles. The Kier molecular flexibility index (Phi) is 4.10. The van der Waals surface area contributed by atoms with Crippen LogP contribution in [0.25, 0.3) is 22.2 Å². The summed E-state index contributed by atoms with van der Waals surface area (Å²) in [5, 5.41) is 17.4. The summed E-state index contributed by atoms with van der Waals surface area (Å²) in [5.74, 6) is 0.639. The summed E-state index contributed by atoms with van der Waals surface area (Å²) >= 11 is 7.27. The highest BCUT2D eigenvalue weighted by atomic mass is 35.5. The van der Waals surface area contributed by atoms with Crippen molar-refractivity contribution in [2.24, 2.45) is 0 Å². The van der Waals surface area contributed by atoms with E-state index >= 15 is 0 Å². The van der Waals surface area contributed by atoms with Gasteiger partial charge >= 0.3 is 0 Å². The first-order valence-electron chi connectivity index (χ1n) is 7.70. The Morgan fingerprint density at radius 3 is 2.85 bits per heavy atom. The van der Waals surface area contributed by atoms with Gasteiger partial charge < -0.3 is 15.4 Å². The van der Waals surface area contributed by atoms with Gasteiger partial charge in [-0.25, -0.2) is 4.98 Å². The quantitative estimate of drug-likeness (QED) is 0.485. The Hall–Kier alpha value is -2.90. The Bertz CT molecular complexity index is 1190. The zero-order chi connectivity index (χ0) is 18.3. The average Bonchev–Trinajstić information content (AvgIpc) is 3.04. The zero-order valence-electron chi connectivity index (χ0n) is 13.6. The molecule has 1 aromatic carbocycles. The Balaban J connectivity index is 1.67. The van der Waals surface area contributed by atoms with Gasteiger partial charge in [0.1, 0.15) is 16.4 Å². The van der Waals surface area contributed by atoms with E-state index in [-0.39, 0.29) is 16.3 Å². The SMILES string of the molecule is Cc1cc(-c2cscc2O)ccc1Nc1ncc2cc(Cl)c(=O)[nH]c2n1. The molecule has 0 aliphatic rings. The van der Waals surface area contributed by atoms with Crippen molar-refractivity contribution in [1.82, 2.24) is 15.0 Å². The van der Waals surface area contributed by atoms with Crippen LogP contribution in [0.2, 0.25) is 5.02 Å².